The van der Waals surface area contributed by atoms with Gasteiger partial charge in [-0.2, -0.15) is 0 Å². The molecule has 0 aliphatic heterocycles. The van der Waals surface area contributed by atoms with Gasteiger partial charge in [-0.3, -0.25) is 0 Å². The molecule has 1 aliphatic carbocycles. The first-order valence-electron chi connectivity index (χ1n) is 5.47. The highest BCUT2D eigenvalue weighted by atomic mass is 35.7. The SMILES string of the molecule is CCCC1CCCC(S(=O)(=O)Cl)CC1. The van der Waals surface area contributed by atoms with Crippen LogP contribution in [0.4, 0.5) is 0 Å². The maximum Gasteiger partial charge on any atom is 0.235 e. The average Bonchev–Trinajstić information content (AvgIpc) is 2.29. The minimum absolute atomic E-state index is 0.286. The minimum Gasteiger partial charge on any atom is -0.212 e. The molecule has 0 amide bonds. The third-order valence-electron chi connectivity index (χ3n) is 3.13. The van der Waals surface area contributed by atoms with Crippen LogP contribution in [0.2, 0.25) is 0 Å². The molecule has 1 fully saturated rings. The maximum absolute atomic E-state index is 11.2. The van der Waals surface area contributed by atoms with Crippen molar-refractivity contribution in [1.82, 2.24) is 0 Å². The second-order valence-corrected chi connectivity index (χ2v) is 7.17. The normalized spacial score (nSPS) is 29.9. The zero-order chi connectivity index (χ0) is 10.6. The Balaban J connectivity index is 2.49. The molecule has 1 rings (SSSR count). The third kappa shape index (κ3) is 3.77. The molecule has 0 aromatic carbocycles. The quantitative estimate of drug-likeness (QED) is 0.559. The molecule has 4 heteroatoms. The van der Waals surface area contributed by atoms with Gasteiger partial charge in [0.25, 0.3) is 0 Å². The summed E-state index contributed by atoms with van der Waals surface area (Å²) in [7, 11) is 2.07. The highest BCUT2D eigenvalue weighted by Gasteiger charge is 2.26. The summed E-state index contributed by atoms with van der Waals surface area (Å²) in [6.45, 7) is 2.18. The largest absolute Gasteiger partial charge is 0.235 e. The summed E-state index contributed by atoms with van der Waals surface area (Å²) >= 11 is 0. The number of halogens is 1. The fraction of sp³-hybridized carbons (Fsp3) is 1.00. The molecule has 2 nitrogen and oxygen atoms in total. The second-order valence-electron chi connectivity index (χ2n) is 4.26. The van der Waals surface area contributed by atoms with Gasteiger partial charge in [-0.25, -0.2) is 8.42 Å². The van der Waals surface area contributed by atoms with E-state index in [0.29, 0.717) is 0 Å². The van der Waals surface area contributed by atoms with Crippen molar-refractivity contribution in [2.75, 3.05) is 0 Å². The molecule has 1 aliphatic rings. The van der Waals surface area contributed by atoms with Crippen LogP contribution in [0.25, 0.3) is 0 Å². The van der Waals surface area contributed by atoms with Gasteiger partial charge in [-0.05, 0) is 25.2 Å². The van der Waals surface area contributed by atoms with Crippen LogP contribution in [0.15, 0.2) is 0 Å². The Bertz CT molecular complexity index is 261. The molecule has 0 saturated heterocycles. The molecule has 0 aromatic heterocycles. The fourth-order valence-corrected chi connectivity index (χ4v) is 3.72. The summed E-state index contributed by atoms with van der Waals surface area (Å²) in [5.41, 5.74) is 0. The van der Waals surface area contributed by atoms with Crippen molar-refractivity contribution in [2.45, 2.75) is 57.1 Å². The molecule has 84 valence electrons. The van der Waals surface area contributed by atoms with Crippen molar-refractivity contribution < 1.29 is 8.42 Å². The first kappa shape index (κ1) is 12.3. The molecule has 2 atom stereocenters. The Kier molecular flexibility index (Phi) is 4.71. The summed E-state index contributed by atoms with van der Waals surface area (Å²) in [5, 5.41) is -0.286. The average molecular weight is 239 g/mol. The lowest BCUT2D eigenvalue weighted by molar-refractivity contribution is 0.423. The molecular weight excluding hydrogens is 220 g/mol. The molecular formula is C10H19ClO2S. The van der Waals surface area contributed by atoms with Gasteiger partial charge in [0.2, 0.25) is 9.05 Å². The van der Waals surface area contributed by atoms with Crippen molar-refractivity contribution in [3.8, 4) is 0 Å². The Morgan fingerprint density at radius 2 is 1.93 bits per heavy atom. The lowest BCUT2D eigenvalue weighted by Gasteiger charge is -2.12. The smallest absolute Gasteiger partial charge is 0.212 e. The van der Waals surface area contributed by atoms with E-state index in [1.54, 1.807) is 0 Å². The first-order valence-corrected chi connectivity index (χ1v) is 7.84. The van der Waals surface area contributed by atoms with E-state index < -0.39 is 9.05 Å². The number of hydrogen-bond acceptors (Lipinski definition) is 2. The molecule has 0 heterocycles. The molecule has 2 unspecified atom stereocenters. The van der Waals surface area contributed by atoms with E-state index in [0.717, 1.165) is 31.6 Å². The minimum atomic E-state index is -3.32. The molecule has 0 bridgehead atoms. The topological polar surface area (TPSA) is 34.1 Å². The van der Waals surface area contributed by atoms with Gasteiger partial charge >= 0.3 is 0 Å². The van der Waals surface area contributed by atoms with Crippen LogP contribution < -0.4 is 0 Å². The molecule has 0 radical (unpaired) electrons. The Labute approximate surface area is 91.5 Å². The van der Waals surface area contributed by atoms with Crippen LogP contribution in [0, 0.1) is 5.92 Å². The van der Waals surface area contributed by atoms with Gasteiger partial charge in [0.15, 0.2) is 0 Å². The Hall–Kier alpha value is 0.240. The van der Waals surface area contributed by atoms with Gasteiger partial charge in [-0.1, -0.05) is 32.6 Å². The van der Waals surface area contributed by atoms with E-state index in [2.05, 4.69) is 6.92 Å². The second kappa shape index (κ2) is 5.36. The van der Waals surface area contributed by atoms with Gasteiger partial charge in [0.05, 0.1) is 5.25 Å². The van der Waals surface area contributed by atoms with E-state index >= 15 is 0 Å². The van der Waals surface area contributed by atoms with Crippen molar-refractivity contribution in [3.05, 3.63) is 0 Å². The van der Waals surface area contributed by atoms with Crippen LogP contribution in [-0.4, -0.2) is 13.7 Å². The summed E-state index contributed by atoms with van der Waals surface area (Å²) in [6.07, 6.45) is 7.17. The zero-order valence-corrected chi connectivity index (χ0v) is 10.3. The predicted molar refractivity (Wildman–Crippen MR) is 60.0 cm³/mol. The monoisotopic (exact) mass is 238 g/mol. The van der Waals surface area contributed by atoms with Gasteiger partial charge < -0.3 is 0 Å². The first-order chi connectivity index (χ1) is 6.54. The van der Waals surface area contributed by atoms with E-state index in [-0.39, 0.29) is 5.25 Å². The summed E-state index contributed by atoms with van der Waals surface area (Å²) in [6, 6.07) is 0. The summed E-state index contributed by atoms with van der Waals surface area (Å²) in [4.78, 5) is 0. The number of hydrogen-bond donors (Lipinski definition) is 0. The van der Waals surface area contributed by atoms with E-state index in [4.69, 9.17) is 10.7 Å². The highest BCUT2D eigenvalue weighted by Crippen LogP contribution is 2.30. The van der Waals surface area contributed by atoms with Crippen molar-refractivity contribution in [3.63, 3.8) is 0 Å². The van der Waals surface area contributed by atoms with Crippen molar-refractivity contribution in [2.24, 2.45) is 5.92 Å². The lowest BCUT2D eigenvalue weighted by atomic mass is 9.96. The lowest BCUT2D eigenvalue weighted by Crippen LogP contribution is -2.14. The Morgan fingerprint density at radius 1 is 1.21 bits per heavy atom. The van der Waals surface area contributed by atoms with Crippen LogP contribution in [0.1, 0.15) is 51.9 Å². The molecule has 14 heavy (non-hydrogen) atoms. The van der Waals surface area contributed by atoms with Crippen LogP contribution >= 0.6 is 10.7 Å². The molecule has 0 aromatic rings. The van der Waals surface area contributed by atoms with Gasteiger partial charge in [-0.15, -0.1) is 0 Å². The van der Waals surface area contributed by atoms with Crippen LogP contribution in [-0.2, 0) is 9.05 Å². The third-order valence-corrected chi connectivity index (χ3v) is 5.15. The molecule has 1 saturated carbocycles. The summed E-state index contributed by atoms with van der Waals surface area (Å²) < 4.78 is 22.3. The van der Waals surface area contributed by atoms with Crippen LogP contribution in [0.3, 0.4) is 0 Å². The van der Waals surface area contributed by atoms with E-state index in [9.17, 15) is 8.42 Å². The standard InChI is InChI=1S/C10H19ClO2S/c1-2-4-9-5-3-6-10(8-7-9)14(11,12)13/h9-10H,2-8H2,1H3. The molecule has 0 spiro atoms. The van der Waals surface area contributed by atoms with Gasteiger partial charge in [0, 0.05) is 10.7 Å². The fourth-order valence-electron chi connectivity index (χ4n) is 2.32. The van der Waals surface area contributed by atoms with E-state index in [1.807, 2.05) is 0 Å². The van der Waals surface area contributed by atoms with Crippen LogP contribution in [0.5, 0.6) is 0 Å². The summed E-state index contributed by atoms with van der Waals surface area (Å²) in [5.74, 6) is 0.725. The predicted octanol–water partition coefficient (Wildman–Crippen LogP) is 3.30. The van der Waals surface area contributed by atoms with Crippen molar-refractivity contribution >= 4 is 19.7 Å². The molecule has 0 N–H and O–H groups in total. The Morgan fingerprint density at radius 3 is 2.50 bits per heavy atom. The van der Waals surface area contributed by atoms with E-state index in [1.165, 1.54) is 19.3 Å². The maximum atomic E-state index is 11.2. The van der Waals surface area contributed by atoms with Gasteiger partial charge in [0.1, 0.15) is 0 Å². The zero-order valence-electron chi connectivity index (χ0n) is 8.71. The van der Waals surface area contributed by atoms with Crippen molar-refractivity contribution in [1.29, 1.82) is 0 Å². The number of rotatable bonds is 3. The highest BCUT2D eigenvalue weighted by molar-refractivity contribution is 8.14.